The van der Waals surface area contributed by atoms with Crippen LogP contribution in [-0.4, -0.2) is 5.78 Å². The van der Waals surface area contributed by atoms with Gasteiger partial charge in [0.05, 0.1) is 0 Å². The van der Waals surface area contributed by atoms with Crippen molar-refractivity contribution in [2.45, 2.75) is 19.8 Å². The minimum Gasteiger partial charge on any atom is -0.295 e. The standard InChI is InChI=1S/C8H12O/c1-3-5-7-8(9)6-4-2/h3,5,7H,1,4,6H2,2H3. The van der Waals surface area contributed by atoms with Gasteiger partial charge in [-0.1, -0.05) is 25.7 Å². The van der Waals surface area contributed by atoms with Gasteiger partial charge in [0.2, 0.25) is 0 Å². The van der Waals surface area contributed by atoms with Crippen LogP contribution in [0.3, 0.4) is 0 Å². The molecule has 0 heterocycles. The van der Waals surface area contributed by atoms with E-state index in [1.165, 1.54) is 0 Å². The van der Waals surface area contributed by atoms with Gasteiger partial charge in [-0.15, -0.1) is 0 Å². The monoisotopic (exact) mass is 124 g/mol. The Kier molecular flexibility index (Phi) is 4.79. The highest BCUT2D eigenvalue weighted by Crippen LogP contribution is 1.89. The zero-order valence-electron chi connectivity index (χ0n) is 5.76. The van der Waals surface area contributed by atoms with Gasteiger partial charge in [-0.3, -0.25) is 4.79 Å². The van der Waals surface area contributed by atoms with Gasteiger partial charge < -0.3 is 0 Å². The highest BCUT2D eigenvalue weighted by atomic mass is 16.1. The maximum absolute atomic E-state index is 10.7. The quantitative estimate of drug-likeness (QED) is 0.414. The van der Waals surface area contributed by atoms with Gasteiger partial charge in [0.15, 0.2) is 5.78 Å². The summed E-state index contributed by atoms with van der Waals surface area (Å²) < 4.78 is 0. The smallest absolute Gasteiger partial charge is 0.155 e. The largest absolute Gasteiger partial charge is 0.295 e. The molecule has 0 aliphatic rings. The number of hydrogen-bond acceptors (Lipinski definition) is 1. The number of carbonyl (C=O) groups excluding carboxylic acids is 1. The Morgan fingerprint density at radius 3 is 2.78 bits per heavy atom. The number of hydrogen-bond donors (Lipinski definition) is 0. The van der Waals surface area contributed by atoms with Crippen LogP contribution in [-0.2, 0) is 4.79 Å². The average Bonchev–Trinajstić information content (AvgIpc) is 1.85. The zero-order chi connectivity index (χ0) is 7.11. The highest BCUT2D eigenvalue weighted by Gasteiger charge is 1.89. The fraction of sp³-hybridized carbons (Fsp3) is 0.375. The molecule has 0 rings (SSSR count). The van der Waals surface area contributed by atoms with Crippen LogP contribution in [0, 0.1) is 0 Å². The molecule has 1 nitrogen and oxygen atoms in total. The van der Waals surface area contributed by atoms with Gasteiger partial charge in [0.1, 0.15) is 0 Å². The van der Waals surface area contributed by atoms with Crippen LogP contribution in [0.1, 0.15) is 19.8 Å². The zero-order valence-corrected chi connectivity index (χ0v) is 5.76. The molecule has 9 heavy (non-hydrogen) atoms. The van der Waals surface area contributed by atoms with E-state index in [0.717, 1.165) is 6.42 Å². The molecule has 0 spiro atoms. The van der Waals surface area contributed by atoms with E-state index in [4.69, 9.17) is 0 Å². The molecule has 0 fully saturated rings. The second-order valence-corrected chi connectivity index (χ2v) is 1.81. The van der Waals surface area contributed by atoms with E-state index in [-0.39, 0.29) is 5.78 Å². The van der Waals surface area contributed by atoms with Crippen LogP contribution in [0.4, 0.5) is 0 Å². The molecular weight excluding hydrogens is 112 g/mol. The van der Waals surface area contributed by atoms with E-state index in [1.807, 2.05) is 6.92 Å². The van der Waals surface area contributed by atoms with E-state index in [2.05, 4.69) is 6.58 Å². The van der Waals surface area contributed by atoms with Crippen LogP contribution in [0.5, 0.6) is 0 Å². The first-order valence-electron chi connectivity index (χ1n) is 3.13. The fourth-order valence-corrected chi connectivity index (χ4v) is 0.505. The van der Waals surface area contributed by atoms with Crippen molar-refractivity contribution in [1.82, 2.24) is 0 Å². The van der Waals surface area contributed by atoms with Crippen LogP contribution >= 0.6 is 0 Å². The molecule has 0 bridgehead atoms. The normalized spacial score (nSPS) is 9.89. The third-order valence-corrected chi connectivity index (χ3v) is 0.915. The van der Waals surface area contributed by atoms with Crippen molar-refractivity contribution < 1.29 is 4.79 Å². The molecule has 0 unspecified atom stereocenters. The van der Waals surface area contributed by atoms with Gasteiger partial charge >= 0.3 is 0 Å². The first-order valence-corrected chi connectivity index (χ1v) is 3.13. The third-order valence-electron chi connectivity index (χ3n) is 0.915. The molecule has 0 atom stereocenters. The van der Waals surface area contributed by atoms with Gasteiger partial charge in [0, 0.05) is 6.42 Å². The van der Waals surface area contributed by atoms with Crippen molar-refractivity contribution in [2.24, 2.45) is 0 Å². The lowest BCUT2D eigenvalue weighted by Gasteiger charge is -1.85. The summed E-state index contributed by atoms with van der Waals surface area (Å²) in [6, 6.07) is 0. The summed E-state index contributed by atoms with van der Waals surface area (Å²) in [7, 11) is 0. The van der Waals surface area contributed by atoms with Crippen molar-refractivity contribution in [3.05, 3.63) is 24.8 Å². The predicted molar refractivity (Wildman–Crippen MR) is 39.3 cm³/mol. The summed E-state index contributed by atoms with van der Waals surface area (Å²) in [5.41, 5.74) is 0. The van der Waals surface area contributed by atoms with Crippen LogP contribution in [0.2, 0.25) is 0 Å². The molecule has 0 aliphatic heterocycles. The van der Waals surface area contributed by atoms with Crippen LogP contribution < -0.4 is 0 Å². The molecule has 0 radical (unpaired) electrons. The first kappa shape index (κ1) is 8.15. The summed E-state index contributed by atoms with van der Waals surface area (Å²) >= 11 is 0. The van der Waals surface area contributed by atoms with Crippen molar-refractivity contribution in [3.63, 3.8) is 0 Å². The highest BCUT2D eigenvalue weighted by molar-refractivity contribution is 5.89. The van der Waals surface area contributed by atoms with Crippen molar-refractivity contribution in [3.8, 4) is 0 Å². The number of ketones is 1. The van der Waals surface area contributed by atoms with Gasteiger partial charge in [-0.2, -0.15) is 0 Å². The lowest BCUT2D eigenvalue weighted by Crippen LogP contribution is -1.88. The Balaban J connectivity index is 3.49. The molecular formula is C8H12O. The number of rotatable bonds is 4. The lowest BCUT2D eigenvalue weighted by atomic mass is 10.2. The second kappa shape index (κ2) is 5.29. The molecule has 50 valence electrons. The Bertz CT molecular complexity index is 123. The van der Waals surface area contributed by atoms with Crippen molar-refractivity contribution in [2.75, 3.05) is 0 Å². The topological polar surface area (TPSA) is 17.1 Å². The molecule has 0 aromatic rings. The average molecular weight is 124 g/mol. The molecule has 0 aliphatic carbocycles. The summed E-state index contributed by atoms with van der Waals surface area (Å²) in [6.07, 6.45) is 6.38. The maximum Gasteiger partial charge on any atom is 0.155 e. The van der Waals surface area contributed by atoms with Crippen LogP contribution in [0.25, 0.3) is 0 Å². The van der Waals surface area contributed by atoms with E-state index >= 15 is 0 Å². The van der Waals surface area contributed by atoms with Gasteiger partial charge in [-0.25, -0.2) is 0 Å². The lowest BCUT2D eigenvalue weighted by molar-refractivity contribution is -0.114. The Hall–Kier alpha value is -0.850. The Morgan fingerprint density at radius 2 is 2.33 bits per heavy atom. The molecule has 0 aromatic carbocycles. The Morgan fingerprint density at radius 1 is 1.67 bits per heavy atom. The van der Waals surface area contributed by atoms with Crippen LogP contribution in [0.15, 0.2) is 24.8 Å². The van der Waals surface area contributed by atoms with Gasteiger partial charge in [0.25, 0.3) is 0 Å². The summed E-state index contributed by atoms with van der Waals surface area (Å²) in [5, 5.41) is 0. The molecule has 0 N–H and O–H groups in total. The first-order chi connectivity index (χ1) is 4.31. The van der Waals surface area contributed by atoms with Gasteiger partial charge in [-0.05, 0) is 12.5 Å². The number of allylic oxidation sites excluding steroid dienone is 3. The molecule has 0 aromatic heterocycles. The maximum atomic E-state index is 10.7. The van der Waals surface area contributed by atoms with E-state index < -0.39 is 0 Å². The third kappa shape index (κ3) is 5.01. The van der Waals surface area contributed by atoms with E-state index in [1.54, 1.807) is 18.2 Å². The fourth-order valence-electron chi connectivity index (χ4n) is 0.505. The SMILES string of the molecule is C=CC=CC(=O)CCC. The second-order valence-electron chi connectivity index (χ2n) is 1.81. The summed E-state index contributed by atoms with van der Waals surface area (Å²) in [4.78, 5) is 10.7. The summed E-state index contributed by atoms with van der Waals surface area (Å²) in [6.45, 7) is 5.44. The minimum atomic E-state index is 0.178. The molecule has 0 saturated carbocycles. The van der Waals surface area contributed by atoms with E-state index in [9.17, 15) is 4.79 Å². The Labute approximate surface area is 56.1 Å². The molecule has 0 amide bonds. The van der Waals surface area contributed by atoms with E-state index in [0.29, 0.717) is 6.42 Å². The molecule has 0 saturated heterocycles. The predicted octanol–water partition coefficient (Wildman–Crippen LogP) is 2.10. The summed E-state index contributed by atoms with van der Waals surface area (Å²) in [5.74, 6) is 0.178. The molecule has 1 heteroatoms. The van der Waals surface area contributed by atoms with Crippen molar-refractivity contribution >= 4 is 5.78 Å². The van der Waals surface area contributed by atoms with Crippen molar-refractivity contribution in [1.29, 1.82) is 0 Å². The number of carbonyl (C=O) groups is 1. The minimum absolute atomic E-state index is 0.178.